The zero-order valence-corrected chi connectivity index (χ0v) is 15.9. The molecule has 27 heavy (non-hydrogen) atoms. The van der Waals surface area contributed by atoms with Crippen LogP contribution in [0.1, 0.15) is 11.1 Å². The van der Waals surface area contributed by atoms with E-state index < -0.39 is 0 Å². The molecule has 0 aliphatic carbocycles. The third-order valence-electron chi connectivity index (χ3n) is 4.91. The maximum atomic E-state index is 4.75. The Kier molecular flexibility index (Phi) is 5.03. The number of hydrogen-bond acceptors (Lipinski definition) is 5. The molecule has 0 radical (unpaired) electrons. The lowest BCUT2D eigenvalue weighted by molar-refractivity contribution is 0.271. The first kappa shape index (κ1) is 17.5. The van der Waals surface area contributed by atoms with E-state index in [9.17, 15) is 0 Å². The normalized spacial score (nSPS) is 14.1. The summed E-state index contributed by atoms with van der Waals surface area (Å²) in [5.74, 6) is 0. The lowest BCUT2D eigenvalue weighted by atomic mass is 10.1. The van der Waals surface area contributed by atoms with Gasteiger partial charge in [0.2, 0.25) is 0 Å². The third-order valence-corrected chi connectivity index (χ3v) is 4.91. The third kappa shape index (κ3) is 4.09. The van der Waals surface area contributed by atoms with Crippen LogP contribution in [0.25, 0.3) is 11.3 Å². The van der Waals surface area contributed by atoms with Crippen LogP contribution in [0, 0.1) is 0 Å². The zero-order chi connectivity index (χ0) is 18.6. The molecule has 1 N–H and O–H groups in total. The van der Waals surface area contributed by atoms with E-state index in [4.69, 9.17) is 4.98 Å². The van der Waals surface area contributed by atoms with Gasteiger partial charge in [-0.1, -0.05) is 18.2 Å². The van der Waals surface area contributed by atoms with Crippen LogP contribution in [0.3, 0.4) is 0 Å². The maximum absolute atomic E-state index is 4.75. The smallest absolute Gasteiger partial charge is 0.0723 e. The fraction of sp³-hybridized carbons (Fsp3) is 0.273. The Hall–Kier alpha value is -2.92. The van der Waals surface area contributed by atoms with Gasteiger partial charge in [-0.3, -0.25) is 14.9 Å². The van der Waals surface area contributed by atoms with E-state index >= 15 is 0 Å². The topological polar surface area (TPSA) is 44.3 Å². The Labute approximate surface area is 160 Å². The van der Waals surface area contributed by atoms with Gasteiger partial charge >= 0.3 is 0 Å². The first-order valence-electron chi connectivity index (χ1n) is 9.31. The van der Waals surface area contributed by atoms with Crippen molar-refractivity contribution in [3.63, 3.8) is 0 Å². The van der Waals surface area contributed by atoms with Crippen molar-refractivity contribution >= 4 is 11.4 Å². The molecule has 138 valence electrons. The van der Waals surface area contributed by atoms with Gasteiger partial charge in [-0.05, 0) is 29.8 Å². The molecule has 1 aliphatic heterocycles. The number of rotatable bonds is 4. The van der Waals surface area contributed by atoms with Crippen LogP contribution in [0.15, 0.2) is 61.1 Å². The first-order valence-corrected chi connectivity index (χ1v) is 9.31. The molecule has 0 fully saturated rings. The number of benzene rings is 1. The van der Waals surface area contributed by atoms with Crippen LogP contribution in [0.4, 0.5) is 11.4 Å². The predicted octanol–water partition coefficient (Wildman–Crippen LogP) is 3.64. The number of pyridine rings is 2. The summed E-state index contributed by atoms with van der Waals surface area (Å²) < 4.78 is 0. The molecule has 5 heteroatoms. The highest BCUT2D eigenvalue weighted by atomic mass is 15.2. The van der Waals surface area contributed by atoms with E-state index in [2.05, 4.69) is 70.6 Å². The molecule has 0 saturated carbocycles. The minimum atomic E-state index is 0.891. The van der Waals surface area contributed by atoms with Crippen LogP contribution in [-0.4, -0.2) is 42.1 Å². The van der Waals surface area contributed by atoms with Crippen molar-refractivity contribution < 1.29 is 0 Å². The predicted molar refractivity (Wildman–Crippen MR) is 111 cm³/mol. The molecule has 3 aromatic rings. The van der Waals surface area contributed by atoms with E-state index in [1.54, 1.807) is 0 Å². The highest BCUT2D eigenvalue weighted by Crippen LogP contribution is 2.28. The van der Waals surface area contributed by atoms with Crippen LogP contribution < -0.4 is 10.2 Å². The Bertz CT molecular complexity index is 908. The minimum absolute atomic E-state index is 0.891. The fourth-order valence-electron chi connectivity index (χ4n) is 3.43. The number of hydrogen-bond donors (Lipinski definition) is 1. The molecule has 1 aromatic carbocycles. The largest absolute Gasteiger partial charge is 0.383 e. The zero-order valence-electron chi connectivity index (χ0n) is 15.9. The molecule has 5 nitrogen and oxygen atoms in total. The Morgan fingerprint density at radius 2 is 2.04 bits per heavy atom. The molecule has 0 bridgehead atoms. The summed E-state index contributed by atoms with van der Waals surface area (Å²) in [5, 5.41) is 3.58. The number of aromatic nitrogens is 2. The van der Waals surface area contributed by atoms with Gasteiger partial charge in [0.1, 0.15) is 0 Å². The molecule has 0 unspecified atom stereocenters. The summed E-state index contributed by atoms with van der Waals surface area (Å²) in [6.45, 7) is 3.72. The van der Waals surface area contributed by atoms with E-state index in [0.29, 0.717) is 0 Å². The van der Waals surface area contributed by atoms with Crippen LogP contribution in [-0.2, 0) is 13.1 Å². The summed E-state index contributed by atoms with van der Waals surface area (Å²) in [6, 6.07) is 14.8. The molecule has 0 spiro atoms. The molecule has 0 amide bonds. The van der Waals surface area contributed by atoms with Crippen LogP contribution >= 0.6 is 0 Å². The number of fused-ring (bicyclic) bond motifs is 1. The van der Waals surface area contributed by atoms with E-state index in [0.717, 1.165) is 37.4 Å². The summed E-state index contributed by atoms with van der Waals surface area (Å²) in [7, 11) is 4.12. The second kappa shape index (κ2) is 7.76. The maximum Gasteiger partial charge on any atom is 0.0723 e. The summed E-state index contributed by atoms with van der Waals surface area (Å²) >= 11 is 0. The highest BCUT2D eigenvalue weighted by molar-refractivity contribution is 5.69. The molecule has 4 rings (SSSR count). The molecule has 0 atom stereocenters. The average Bonchev–Trinajstić information content (AvgIpc) is 2.90. The molecule has 2 aromatic heterocycles. The standard InChI is InChI=1S/C22H25N5/c1-26(2)20-7-3-6-18(11-20)21-12-22-19(14-25-21)16-27(10-9-24-22)15-17-5-4-8-23-13-17/h3-8,11-14,24H,9-10,15-16H2,1-2H3. The van der Waals surface area contributed by atoms with Crippen molar-refractivity contribution in [1.29, 1.82) is 0 Å². The van der Waals surface area contributed by atoms with Gasteiger partial charge < -0.3 is 10.2 Å². The minimum Gasteiger partial charge on any atom is -0.383 e. The molecule has 1 aliphatic rings. The quantitative estimate of drug-likeness (QED) is 0.770. The van der Waals surface area contributed by atoms with Gasteiger partial charge in [0.05, 0.1) is 5.69 Å². The van der Waals surface area contributed by atoms with Gasteiger partial charge in [-0.2, -0.15) is 0 Å². The van der Waals surface area contributed by atoms with Crippen LogP contribution in [0.2, 0.25) is 0 Å². The van der Waals surface area contributed by atoms with E-state index in [-0.39, 0.29) is 0 Å². The lowest BCUT2D eigenvalue weighted by Gasteiger charge is -2.19. The van der Waals surface area contributed by atoms with Crippen molar-refractivity contribution in [2.75, 3.05) is 37.4 Å². The second-order valence-electron chi connectivity index (χ2n) is 7.17. The van der Waals surface area contributed by atoms with Crippen LogP contribution in [0.5, 0.6) is 0 Å². The second-order valence-corrected chi connectivity index (χ2v) is 7.17. The first-order chi connectivity index (χ1) is 13.2. The highest BCUT2D eigenvalue weighted by Gasteiger charge is 2.16. The summed E-state index contributed by atoms with van der Waals surface area (Å²) in [6.07, 6.45) is 5.78. The van der Waals surface area contributed by atoms with Crippen molar-refractivity contribution in [2.24, 2.45) is 0 Å². The van der Waals surface area contributed by atoms with Crippen molar-refractivity contribution in [3.05, 3.63) is 72.2 Å². The van der Waals surface area contributed by atoms with Gasteiger partial charge in [0.25, 0.3) is 0 Å². The SMILES string of the molecule is CN(C)c1cccc(-c2cc3c(cn2)CN(Cc2cccnc2)CCN3)c1. The Morgan fingerprint density at radius 1 is 1.11 bits per heavy atom. The Balaban J connectivity index is 1.56. The monoisotopic (exact) mass is 359 g/mol. The molecule has 0 saturated heterocycles. The van der Waals surface area contributed by atoms with Gasteiger partial charge in [0, 0.05) is 81.4 Å². The summed E-state index contributed by atoms with van der Waals surface area (Å²) in [5.41, 5.74) is 6.99. The van der Waals surface area contributed by atoms with Gasteiger partial charge in [-0.25, -0.2) is 0 Å². The van der Waals surface area contributed by atoms with E-state index in [1.165, 1.54) is 22.5 Å². The molecule has 3 heterocycles. The molecular weight excluding hydrogens is 334 g/mol. The number of nitrogens with one attached hydrogen (secondary N) is 1. The van der Waals surface area contributed by atoms with Gasteiger partial charge in [-0.15, -0.1) is 0 Å². The lowest BCUT2D eigenvalue weighted by Crippen LogP contribution is -2.25. The van der Waals surface area contributed by atoms with E-state index in [1.807, 2.05) is 24.7 Å². The average molecular weight is 359 g/mol. The van der Waals surface area contributed by atoms with Crippen molar-refractivity contribution in [3.8, 4) is 11.3 Å². The summed E-state index contributed by atoms with van der Waals surface area (Å²) in [4.78, 5) is 13.5. The van der Waals surface area contributed by atoms with Crippen molar-refractivity contribution in [1.82, 2.24) is 14.9 Å². The van der Waals surface area contributed by atoms with Gasteiger partial charge in [0.15, 0.2) is 0 Å². The molecular formula is C22H25N5. The number of nitrogens with zero attached hydrogens (tertiary/aromatic N) is 4. The number of anilines is 2. The Morgan fingerprint density at radius 3 is 2.85 bits per heavy atom. The fourth-order valence-corrected chi connectivity index (χ4v) is 3.43. The van der Waals surface area contributed by atoms with Crippen molar-refractivity contribution in [2.45, 2.75) is 13.1 Å².